The normalized spacial score (nSPS) is 11.3. The molecule has 0 aliphatic rings. The number of likely N-dealkylation sites (N-methyl/N-ethyl adjacent to an activating group) is 1. The first-order chi connectivity index (χ1) is 8.65. The van der Waals surface area contributed by atoms with Crippen LogP contribution in [0.4, 0.5) is 0 Å². The molecule has 108 valence electrons. The lowest BCUT2D eigenvalue weighted by atomic mass is 10.1. The molecule has 0 heterocycles. The van der Waals surface area contributed by atoms with Crippen LogP contribution >= 0.6 is 12.4 Å². The van der Waals surface area contributed by atoms with Gasteiger partial charge in [-0.2, -0.15) is 0 Å². The minimum absolute atomic E-state index is 0. The molecule has 1 rings (SSSR count). The molecule has 0 bridgehead atoms. The fourth-order valence-electron chi connectivity index (χ4n) is 1.54. The third-order valence-electron chi connectivity index (χ3n) is 2.87. The van der Waals surface area contributed by atoms with E-state index in [1.54, 1.807) is 7.11 Å². The van der Waals surface area contributed by atoms with Crippen molar-refractivity contribution in [2.24, 2.45) is 0 Å². The van der Waals surface area contributed by atoms with E-state index in [0.29, 0.717) is 19.0 Å². The SMILES string of the molecule is CNC(C)CNC(=O)CCc1cccc(OC)c1.Cl. The van der Waals surface area contributed by atoms with Gasteiger partial charge < -0.3 is 15.4 Å². The monoisotopic (exact) mass is 286 g/mol. The summed E-state index contributed by atoms with van der Waals surface area (Å²) in [5.74, 6) is 0.914. The van der Waals surface area contributed by atoms with Crippen LogP contribution in [0.1, 0.15) is 18.9 Å². The van der Waals surface area contributed by atoms with Gasteiger partial charge in [0.2, 0.25) is 5.91 Å². The summed E-state index contributed by atoms with van der Waals surface area (Å²) in [5, 5.41) is 5.98. The summed E-state index contributed by atoms with van der Waals surface area (Å²) < 4.78 is 5.15. The lowest BCUT2D eigenvalue weighted by Crippen LogP contribution is -2.37. The first kappa shape index (κ1) is 17.7. The second-order valence-corrected chi connectivity index (χ2v) is 4.35. The summed E-state index contributed by atoms with van der Waals surface area (Å²) in [6.45, 7) is 2.69. The zero-order valence-electron chi connectivity index (χ0n) is 11.7. The van der Waals surface area contributed by atoms with Crippen molar-refractivity contribution in [1.29, 1.82) is 0 Å². The van der Waals surface area contributed by atoms with Crippen LogP contribution in [0.3, 0.4) is 0 Å². The molecule has 1 amide bonds. The summed E-state index contributed by atoms with van der Waals surface area (Å²) in [4.78, 5) is 11.6. The van der Waals surface area contributed by atoms with Crippen molar-refractivity contribution >= 4 is 18.3 Å². The van der Waals surface area contributed by atoms with Crippen LogP contribution in [0, 0.1) is 0 Å². The lowest BCUT2D eigenvalue weighted by Gasteiger charge is -2.11. The molecule has 0 fully saturated rings. The van der Waals surface area contributed by atoms with Gasteiger partial charge in [0, 0.05) is 19.0 Å². The fourth-order valence-corrected chi connectivity index (χ4v) is 1.54. The Morgan fingerprint density at radius 3 is 2.79 bits per heavy atom. The number of benzene rings is 1. The van der Waals surface area contributed by atoms with Gasteiger partial charge in [-0.3, -0.25) is 4.79 Å². The largest absolute Gasteiger partial charge is 0.497 e. The third-order valence-corrected chi connectivity index (χ3v) is 2.87. The average molecular weight is 287 g/mol. The van der Waals surface area contributed by atoms with Crippen molar-refractivity contribution < 1.29 is 9.53 Å². The van der Waals surface area contributed by atoms with Crippen LogP contribution in [-0.4, -0.2) is 32.7 Å². The third kappa shape index (κ3) is 7.03. The van der Waals surface area contributed by atoms with Crippen LogP contribution < -0.4 is 15.4 Å². The van der Waals surface area contributed by atoms with Gasteiger partial charge in [-0.25, -0.2) is 0 Å². The molecular formula is C14H23ClN2O2. The minimum Gasteiger partial charge on any atom is -0.497 e. The standard InChI is InChI=1S/C14H22N2O2.ClH/c1-11(15-2)10-16-14(17)8-7-12-5-4-6-13(9-12)18-3;/h4-6,9,11,15H,7-8,10H2,1-3H3,(H,16,17);1H. The van der Waals surface area contributed by atoms with E-state index < -0.39 is 0 Å². The smallest absolute Gasteiger partial charge is 0.220 e. The number of rotatable bonds is 7. The number of nitrogens with one attached hydrogen (secondary N) is 2. The van der Waals surface area contributed by atoms with Crippen LogP contribution in [-0.2, 0) is 11.2 Å². The highest BCUT2D eigenvalue weighted by molar-refractivity contribution is 5.85. The van der Waals surface area contributed by atoms with E-state index in [1.807, 2.05) is 38.2 Å². The molecule has 5 heteroatoms. The number of carbonyl (C=O) groups is 1. The molecule has 0 radical (unpaired) electrons. The van der Waals surface area contributed by atoms with Crippen LogP contribution in [0.2, 0.25) is 0 Å². The molecular weight excluding hydrogens is 264 g/mol. The predicted molar refractivity (Wildman–Crippen MR) is 80.1 cm³/mol. The molecule has 1 unspecified atom stereocenters. The average Bonchev–Trinajstić information content (AvgIpc) is 2.42. The molecule has 0 saturated carbocycles. The van der Waals surface area contributed by atoms with E-state index in [1.165, 1.54) is 0 Å². The van der Waals surface area contributed by atoms with Crippen LogP contribution in [0.5, 0.6) is 5.75 Å². The summed E-state index contributed by atoms with van der Waals surface area (Å²) in [6, 6.07) is 8.11. The molecule has 0 aromatic heterocycles. The van der Waals surface area contributed by atoms with E-state index in [2.05, 4.69) is 10.6 Å². The van der Waals surface area contributed by atoms with Gasteiger partial charge in [0.1, 0.15) is 5.75 Å². The summed E-state index contributed by atoms with van der Waals surface area (Å²) in [6.07, 6.45) is 1.24. The maximum absolute atomic E-state index is 11.6. The first-order valence-electron chi connectivity index (χ1n) is 6.22. The number of carbonyl (C=O) groups excluding carboxylic acids is 1. The molecule has 1 aromatic carbocycles. The second-order valence-electron chi connectivity index (χ2n) is 4.35. The number of amides is 1. The molecule has 0 aliphatic carbocycles. The first-order valence-corrected chi connectivity index (χ1v) is 6.22. The zero-order chi connectivity index (χ0) is 13.4. The molecule has 0 saturated heterocycles. The van der Waals surface area contributed by atoms with Gasteiger partial charge in [-0.15, -0.1) is 12.4 Å². The Labute approximate surface area is 121 Å². The number of aryl methyl sites for hydroxylation is 1. The Kier molecular flexibility index (Phi) is 9.00. The number of hydrogen-bond donors (Lipinski definition) is 2. The van der Waals surface area contributed by atoms with E-state index in [9.17, 15) is 4.79 Å². The fraction of sp³-hybridized carbons (Fsp3) is 0.500. The molecule has 1 atom stereocenters. The Bertz CT molecular complexity index is 385. The predicted octanol–water partition coefficient (Wildman–Crippen LogP) is 1.77. The Morgan fingerprint density at radius 1 is 1.42 bits per heavy atom. The number of halogens is 1. The summed E-state index contributed by atoms with van der Waals surface area (Å²) in [7, 11) is 3.53. The maximum Gasteiger partial charge on any atom is 0.220 e. The van der Waals surface area contributed by atoms with Gasteiger partial charge in [-0.1, -0.05) is 12.1 Å². The van der Waals surface area contributed by atoms with Crippen molar-refractivity contribution in [1.82, 2.24) is 10.6 Å². The Balaban J connectivity index is 0.00000324. The zero-order valence-corrected chi connectivity index (χ0v) is 12.5. The summed E-state index contributed by atoms with van der Waals surface area (Å²) in [5.41, 5.74) is 1.12. The van der Waals surface area contributed by atoms with Crippen molar-refractivity contribution in [3.63, 3.8) is 0 Å². The van der Waals surface area contributed by atoms with Crippen molar-refractivity contribution in [2.75, 3.05) is 20.7 Å². The molecule has 4 nitrogen and oxygen atoms in total. The highest BCUT2D eigenvalue weighted by atomic mass is 35.5. The van der Waals surface area contributed by atoms with Crippen molar-refractivity contribution in [3.8, 4) is 5.75 Å². The summed E-state index contributed by atoms with van der Waals surface area (Å²) >= 11 is 0. The highest BCUT2D eigenvalue weighted by Crippen LogP contribution is 2.13. The molecule has 2 N–H and O–H groups in total. The molecule has 0 spiro atoms. The quantitative estimate of drug-likeness (QED) is 0.803. The van der Waals surface area contributed by atoms with E-state index in [4.69, 9.17) is 4.74 Å². The van der Waals surface area contributed by atoms with Crippen molar-refractivity contribution in [3.05, 3.63) is 29.8 Å². The topological polar surface area (TPSA) is 50.4 Å². The van der Waals surface area contributed by atoms with Crippen LogP contribution in [0.25, 0.3) is 0 Å². The number of hydrogen-bond acceptors (Lipinski definition) is 3. The molecule has 0 aliphatic heterocycles. The maximum atomic E-state index is 11.6. The molecule has 1 aromatic rings. The minimum atomic E-state index is 0. The van der Waals surface area contributed by atoms with Crippen LogP contribution in [0.15, 0.2) is 24.3 Å². The highest BCUT2D eigenvalue weighted by Gasteiger charge is 2.04. The number of ether oxygens (including phenoxy) is 1. The van der Waals surface area contributed by atoms with Gasteiger partial charge >= 0.3 is 0 Å². The Hall–Kier alpha value is -1.26. The van der Waals surface area contributed by atoms with Gasteiger partial charge in [0.15, 0.2) is 0 Å². The van der Waals surface area contributed by atoms with E-state index in [0.717, 1.165) is 17.7 Å². The number of methoxy groups -OCH3 is 1. The van der Waals surface area contributed by atoms with E-state index in [-0.39, 0.29) is 18.3 Å². The van der Waals surface area contributed by atoms with E-state index >= 15 is 0 Å². The second kappa shape index (κ2) is 9.64. The lowest BCUT2D eigenvalue weighted by molar-refractivity contribution is -0.121. The van der Waals surface area contributed by atoms with Gasteiger partial charge in [0.25, 0.3) is 0 Å². The Morgan fingerprint density at radius 2 is 2.16 bits per heavy atom. The van der Waals surface area contributed by atoms with Gasteiger partial charge in [0.05, 0.1) is 7.11 Å². The van der Waals surface area contributed by atoms with Gasteiger partial charge in [-0.05, 0) is 38.1 Å². The van der Waals surface area contributed by atoms with Crippen molar-refractivity contribution in [2.45, 2.75) is 25.8 Å². The molecule has 19 heavy (non-hydrogen) atoms.